The number of carbonyl (C=O) groups excluding carboxylic acids is 1. The Kier molecular flexibility index (Phi) is 12.5. The van der Waals surface area contributed by atoms with Crippen LogP contribution in [0.25, 0.3) is 21.5 Å². The minimum atomic E-state index is -1.74. The van der Waals surface area contributed by atoms with Crippen molar-refractivity contribution in [2.45, 2.75) is 56.1 Å². The van der Waals surface area contributed by atoms with Gasteiger partial charge in [-0.2, -0.15) is 0 Å². The number of carbonyl (C=O) groups is 1. The maximum atomic E-state index is 11.7. The van der Waals surface area contributed by atoms with Gasteiger partial charge in [-0.15, -0.1) is 0 Å². The molecule has 1 saturated heterocycles. The second-order valence-electron chi connectivity index (χ2n) is 11.7. The molecule has 1 heterocycles. The number of phenolic OH excluding ortho intramolecular Hbond substituents is 2. The van der Waals surface area contributed by atoms with Gasteiger partial charge in [0.05, 0.1) is 26.3 Å². The van der Waals surface area contributed by atoms with Crippen LogP contribution < -0.4 is 0 Å². The summed E-state index contributed by atoms with van der Waals surface area (Å²) in [6, 6.07) is 21.3. The summed E-state index contributed by atoms with van der Waals surface area (Å²) >= 11 is 0. The molecule has 1 fully saturated rings. The molecule has 8 atom stereocenters. The average Bonchev–Trinajstić information content (AvgIpc) is 3.11. The van der Waals surface area contributed by atoms with Crippen LogP contribution in [0.4, 0.5) is 0 Å². The summed E-state index contributed by atoms with van der Waals surface area (Å²) in [5, 5.41) is 76.7. The fraction of sp³-hybridized carbons (Fsp3) is 0.361. The third-order valence-electron chi connectivity index (χ3n) is 8.24. The summed E-state index contributed by atoms with van der Waals surface area (Å²) < 4.78 is 22.4. The standard InChI is InChI=1S/C36H40N2O12/c1-20(41)47-35-33(45)31(19-40)50-36(34(35)46)49-29(16-37-14-25-23-8-4-2-6-21(23)10-12-27(25)42)30(18-39)48-32(44)17-38-15-26-24-9-5-3-7-22(24)11-13-28(26)43/h2-15,29-36,39-40,42-46H,16-19H2,1H3/t29-,30-,31+,32-,33-,34+,35-,36+/m0/s1. The molecule has 5 rings (SSSR count). The minimum absolute atomic E-state index is 0.0101. The molecule has 0 spiro atoms. The monoisotopic (exact) mass is 692 g/mol. The molecule has 0 unspecified atom stereocenters. The van der Waals surface area contributed by atoms with Crippen LogP contribution in [0.15, 0.2) is 82.8 Å². The van der Waals surface area contributed by atoms with Gasteiger partial charge in [0.1, 0.15) is 42.0 Å². The number of aliphatic imine (C=N–C) groups is 2. The lowest BCUT2D eigenvalue weighted by molar-refractivity contribution is -0.322. The smallest absolute Gasteiger partial charge is 0.303 e. The van der Waals surface area contributed by atoms with Crippen molar-refractivity contribution in [3.63, 3.8) is 0 Å². The van der Waals surface area contributed by atoms with Crippen molar-refractivity contribution in [2.75, 3.05) is 26.3 Å². The number of esters is 1. The van der Waals surface area contributed by atoms with Crippen LogP contribution in [0.5, 0.6) is 11.5 Å². The first-order valence-corrected chi connectivity index (χ1v) is 15.9. The molecule has 1 aliphatic heterocycles. The van der Waals surface area contributed by atoms with Crippen molar-refractivity contribution in [3.8, 4) is 11.5 Å². The van der Waals surface area contributed by atoms with Crippen molar-refractivity contribution in [1.29, 1.82) is 0 Å². The van der Waals surface area contributed by atoms with Gasteiger partial charge in [-0.25, -0.2) is 0 Å². The van der Waals surface area contributed by atoms with Gasteiger partial charge < -0.3 is 54.7 Å². The molecule has 0 radical (unpaired) electrons. The number of aliphatic hydroxyl groups excluding tert-OH is 5. The van der Waals surface area contributed by atoms with Crippen molar-refractivity contribution in [3.05, 3.63) is 83.9 Å². The predicted octanol–water partition coefficient (Wildman–Crippen LogP) is 1.39. The fourth-order valence-corrected chi connectivity index (χ4v) is 5.73. The van der Waals surface area contributed by atoms with E-state index in [1.165, 1.54) is 24.6 Å². The van der Waals surface area contributed by atoms with Crippen molar-refractivity contribution >= 4 is 39.9 Å². The maximum Gasteiger partial charge on any atom is 0.303 e. The van der Waals surface area contributed by atoms with Gasteiger partial charge in [-0.3, -0.25) is 14.8 Å². The van der Waals surface area contributed by atoms with E-state index in [0.29, 0.717) is 16.5 Å². The second-order valence-corrected chi connectivity index (χ2v) is 11.7. The molecular formula is C36H40N2O12. The molecule has 4 aromatic rings. The van der Waals surface area contributed by atoms with E-state index in [9.17, 15) is 40.5 Å². The van der Waals surface area contributed by atoms with E-state index in [0.717, 1.165) is 23.1 Å². The number of ether oxygens (including phenoxy) is 4. The van der Waals surface area contributed by atoms with Crippen LogP contribution in [0.3, 0.4) is 0 Å². The number of hydrogen-bond acceptors (Lipinski definition) is 14. The Morgan fingerprint density at radius 1 is 0.820 bits per heavy atom. The molecule has 0 amide bonds. The highest BCUT2D eigenvalue weighted by atomic mass is 16.7. The van der Waals surface area contributed by atoms with Gasteiger partial charge >= 0.3 is 5.97 Å². The van der Waals surface area contributed by atoms with E-state index < -0.39 is 68.4 Å². The largest absolute Gasteiger partial charge is 0.507 e. The van der Waals surface area contributed by atoms with Crippen LogP contribution in [0.1, 0.15) is 18.1 Å². The third-order valence-corrected chi connectivity index (χ3v) is 8.24. The van der Waals surface area contributed by atoms with Gasteiger partial charge in [0.25, 0.3) is 0 Å². The molecule has 4 aromatic carbocycles. The molecular weight excluding hydrogens is 652 g/mol. The number of rotatable bonds is 14. The van der Waals surface area contributed by atoms with E-state index >= 15 is 0 Å². The normalized spacial score (nSPS) is 23.0. The first-order valence-electron chi connectivity index (χ1n) is 15.9. The van der Waals surface area contributed by atoms with E-state index in [1.54, 1.807) is 24.3 Å². The Bertz CT molecular complexity index is 1820. The number of aromatic hydroxyl groups is 2. The number of nitrogens with zero attached hydrogens (tertiary/aromatic N) is 2. The molecule has 14 heteroatoms. The summed E-state index contributed by atoms with van der Waals surface area (Å²) in [4.78, 5) is 20.4. The summed E-state index contributed by atoms with van der Waals surface area (Å²) in [5.74, 6) is -0.858. The summed E-state index contributed by atoms with van der Waals surface area (Å²) in [5.41, 5.74) is 0.842. The van der Waals surface area contributed by atoms with Gasteiger partial charge in [0.2, 0.25) is 0 Å². The first kappa shape index (κ1) is 36.8. The molecule has 7 N–H and O–H groups in total. The highest BCUT2D eigenvalue weighted by Crippen LogP contribution is 2.29. The van der Waals surface area contributed by atoms with E-state index in [4.69, 9.17) is 18.9 Å². The van der Waals surface area contributed by atoms with Gasteiger partial charge in [-0.05, 0) is 33.7 Å². The van der Waals surface area contributed by atoms with Crippen molar-refractivity contribution < 1.29 is 59.5 Å². The molecule has 1 aliphatic rings. The van der Waals surface area contributed by atoms with Crippen molar-refractivity contribution in [1.82, 2.24) is 0 Å². The zero-order chi connectivity index (χ0) is 35.8. The number of fused-ring (bicyclic) bond motifs is 2. The second kappa shape index (κ2) is 16.9. The molecule has 266 valence electrons. The SMILES string of the molecule is CC(=O)O[C@H]1[C@@H](O)[C@@H](CO)O[C@@H](O[C@@H](CN=Cc2c(O)ccc3ccccc23)[C@H](CO)O[C@H](O)CN=Cc2c(O)ccc3ccccc23)[C@@H]1O. The fourth-order valence-electron chi connectivity index (χ4n) is 5.73. The van der Waals surface area contributed by atoms with Gasteiger partial charge in [0.15, 0.2) is 18.7 Å². The Labute approximate surface area is 287 Å². The van der Waals surface area contributed by atoms with Crippen LogP contribution in [-0.2, 0) is 23.7 Å². The van der Waals surface area contributed by atoms with Crippen molar-refractivity contribution in [2.24, 2.45) is 9.98 Å². The van der Waals surface area contributed by atoms with Gasteiger partial charge in [0, 0.05) is 30.5 Å². The van der Waals surface area contributed by atoms with Crippen LogP contribution >= 0.6 is 0 Å². The number of benzene rings is 4. The molecule has 50 heavy (non-hydrogen) atoms. The summed E-state index contributed by atoms with van der Waals surface area (Å²) in [6.07, 6.45) is -9.16. The average molecular weight is 693 g/mol. The first-order chi connectivity index (χ1) is 24.1. The molecule has 0 bridgehead atoms. The topological polar surface area (TPSA) is 220 Å². The lowest BCUT2D eigenvalue weighted by atomic mass is 9.99. The highest BCUT2D eigenvalue weighted by Gasteiger charge is 2.48. The zero-order valence-corrected chi connectivity index (χ0v) is 27.1. The number of phenols is 2. The number of hydrogen-bond donors (Lipinski definition) is 7. The van der Waals surface area contributed by atoms with E-state index in [-0.39, 0.29) is 24.6 Å². The Morgan fingerprint density at radius 3 is 1.92 bits per heavy atom. The predicted molar refractivity (Wildman–Crippen MR) is 182 cm³/mol. The summed E-state index contributed by atoms with van der Waals surface area (Å²) in [6.45, 7) is -0.926. The molecule has 0 aromatic heterocycles. The third kappa shape index (κ3) is 8.61. The molecule has 0 saturated carbocycles. The highest BCUT2D eigenvalue weighted by molar-refractivity contribution is 6.03. The Hall–Kier alpha value is -4.51. The lowest BCUT2D eigenvalue weighted by Gasteiger charge is -2.42. The summed E-state index contributed by atoms with van der Waals surface area (Å²) in [7, 11) is 0. The van der Waals surface area contributed by atoms with Crippen LogP contribution in [0.2, 0.25) is 0 Å². The Morgan fingerprint density at radius 2 is 1.38 bits per heavy atom. The minimum Gasteiger partial charge on any atom is -0.507 e. The van der Waals surface area contributed by atoms with E-state index in [2.05, 4.69) is 9.98 Å². The maximum absolute atomic E-state index is 11.7. The van der Waals surface area contributed by atoms with E-state index in [1.807, 2.05) is 36.4 Å². The van der Waals surface area contributed by atoms with Crippen LogP contribution in [0, 0.1) is 0 Å². The molecule has 14 nitrogen and oxygen atoms in total. The quantitative estimate of drug-likeness (QED) is 0.0567. The Balaban J connectivity index is 1.37. The van der Waals surface area contributed by atoms with Gasteiger partial charge in [-0.1, -0.05) is 60.7 Å². The lowest BCUT2D eigenvalue weighted by Crippen LogP contribution is -2.61. The van der Waals surface area contributed by atoms with Crippen LogP contribution in [-0.4, -0.2) is 130 Å². The number of aliphatic hydroxyl groups is 5. The zero-order valence-electron chi connectivity index (χ0n) is 27.1. The molecule has 0 aliphatic carbocycles.